The van der Waals surface area contributed by atoms with E-state index < -0.39 is 0 Å². The number of aryl methyl sites for hydroxylation is 1. The van der Waals surface area contributed by atoms with Crippen molar-refractivity contribution in [3.05, 3.63) is 30.1 Å². The number of para-hydroxylation sites is 2. The lowest BCUT2D eigenvalue weighted by Gasteiger charge is -2.37. The summed E-state index contributed by atoms with van der Waals surface area (Å²) in [5, 5.41) is 0. The third kappa shape index (κ3) is 2.47. The molecule has 1 aromatic carbocycles. The molecule has 3 rings (SSSR count). The number of rotatable bonds is 3. The molecule has 2 aromatic rings. The number of benzene rings is 1. The van der Waals surface area contributed by atoms with Crippen LogP contribution in [0.2, 0.25) is 0 Å². The van der Waals surface area contributed by atoms with E-state index in [2.05, 4.69) is 36.7 Å². The van der Waals surface area contributed by atoms with Gasteiger partial charge in [-0.1, -0.05) is 38.3 Å². The van der Waals surface area contributed by atoms with E-state index in [1.54, 1.807) is 0 Å². The first-order chi connectivity index (χ1) is 9.61. The fraction of sp³-hybridized carbons (Fsp3) is 0.588. The van der Waals surface area contributed by atoms with E-state index in [0.29, 0.717) is 0 Å². The topological polar surface area (TPSA) is 43.8 Å². The zero-order valence-corrected chi connectivity index (χ0v) is 12.6. The van der Waals surface area contributed by atoms with Crippen molar-refractivity contribution in [2.45, 2.75) is 51.0 Å². The molecule has 108 valence electrons. The van der Waals surface area contributed by atoms with Gasteiger partial charge in [-0.3, -0.25) is 0 Å². The minimum absolute atomic E-state index is 0.0614. The molecule has 2 unspecified atom stereocenters. The first-order valence-corrected chi connectivity index (χ1v) is 7.80. The molecule has 0 aliphatic heterocycles. The fourth-order valence-corrected chi connectivity index (χ4v) is 3.70. The van der Waals surface area contributed by atoms with Crippen molar-refractivity contribution < 1.29 is 0 Å². The number of fused-ring (bicyclic) bond motifs is 1. The largest absolute Gasteiger partial charge is 0.331 e. The number of hydrogen-bond acceptors (Lipinski definition) is 2. The van der Waals surface area contributed by atoms with Gasteiger partial charge >= 0.3 is 0 Å². The summed E-state index contributed by atoms with van der Waals surface area (Å²) in [5.74, 6) is 1.92. The Bertz CT molecular complexity index is 601. The van der Waals surface area contributed by atoms with Crippen molar-refractivity contribution in [2.24, 2.45) is 18.7 Å². The van der Waals surface area contributed by atoms with Gasteiger partial charge in [0, 0.05) is 19.0 Å². The average molecular weight is 271 g/mol. The SMILES string of the molecule is CCC1CCCC(N)(Cc2nc3ccccc3n2C)C1. The second-order valence-electron chi connectivity index (χ2n) is 6.49. The molecule has 2 atom stereocenters. The van der Waals surface area contributed by atoms with E-state index in [4.69, 9.17) is 10.7 Å². The maximum Gasteiger partial charge on any atom is 0.111 e. The Labute approximate surface area is 121 Å². The lowest BCUT2D eigenvalue weighted by molar-refractivity contribution is 0.215. The molecule has 1 fully saturated rings. The summed E-state index contributed by atoms with van der Waals surface area (Å²) >= 11 is 0. The van der Waals surface area contributed by atoms with E-state index in [9.17, 15) is 0 Å². The molecule has 0 amide bonds. The van der Waals surface area contributed by atoms with Gasteiger partial charge in [0.1, 0.15) is 5.82 Å². The van der Waals surface area contributed by atoms with E-state index in [-0.39, 0.29) is 5.54 Å². The maximum atomic E-state index is 6.69. The van der Waals surface area contributed by atoms with E-state index in [0.717, 1.165) is 36.5 Å². The first-order valence-electron chi connectivity index (χ1n) is 7.80. The van der Waals surface area contributed by atoms with Crippen LogP contribution in [0, 0.1) is 5.92 Å². The summed E-state index contributed by atoms with van der Waals surface area (Å²) in [4.78, 5) is 4.79. The third-order valence-electron chi connectivity index (χ3n) is 4.95. The predicted molar refractivity (Wildman–Crippen MR) is 83.6 cm³/mol. The highest BCUT2D eigenvalue weighted by molar-refractivity contribution is 5.75. The normalized spacial score (nSPS) is 27.1. The number of aromatic nitrogens is 2. The molecule has 2 N–H and O–H groups in total. The Kier molecular flexibility index (Phi) is 3.55. The summed E-state index contributed by atoms with van der Waals surface area (Å²) in [6.45, 7) is 2.28. The summed E-state index contributed by atoms with van der Waals surface area (Å²) in [6.07, 6.45) is 7.03. The molecule has 1 aliphatic rings. The van der Waals surface area contributed by atoms with Gasteiger partial charge in [-0.05, 0) is 30.9 Å². The van der Waals surface area contributed by atoms with Crippen LogP contribution in [0.25, 0.3) is 11.0 Å². The Morgan fingerprint density at radius 3 is 2.95 bits per heavy atom. The Morgan fingerprint density at radius 1 is 1.40 bits per heavy atom. The predicted octanol–water partition coefficient (Wildman–Crippen LogP) is 3.41. The molecule has 3 nitrogen and oxygen atoms in total. The van der Waals surface area contributed by atoms with E-state index in [1.807, 2.05) is 6.07 Å². The highest BCUT2D eigenvalue weighted by Crippen LogP contribution is 2.34. The second-order valence-corrected chi connectivity index (χ2v) is 6.49. The Balaban J connectivity index is 1.86. The zero-order chi connectivity index (χ0) is 14.2. The zero-order valence-electron chi connectivity index (χ0n) is 12.6. The Morgan fingerprint density at radius 2 is 2.20 bits per heavy atom. The van der Waals surface area contributed by atoms with Crippen LogP contribution in [-0.4, -0.2) is 15.1 Å². The average Bonchev–Trinajstić information content (AvgIpc) is 2.75. The molecular formula is C17H25N3. The van der Waals surface area contributed by atoms with Gasteiger partial charge in [0.2, 0.25) is 0 Å². The van der Waals surface area contributed by atoms with Crippen molar-refractivity contribution in [2.75, 3.05) is 0 Å². The molecule has 0 saturated heterocycles. The molecule has 0 bridgehead atoms. The lowest BCUT2D eigenvalue weighted by Crippen LogP contribution is -2.46. The van der Waals surface area contributed by atoms with Crippen LogP contribution in [-0.2, 0) is 13.5 Å². The van der Waals surface area contributed by atoms with Crippen molar-refractivity contribution in [3.63, 3.8) is 0 Å². The van der Waals surface area contributed by atoms with Gasteiger partial charge in [-0.2, -0.15) is 0 Å². The first kappa shape index (κ1) is 13.6. The van der Waals surface area contributed by atoms with Gasteiger partial charge in [-0.15, -0.1) is 0 Å². The molecule has 0 radical (unpaired) electrons. The van der Waals surface area contributed by atoms with Crippen molar-refractivity contribution >= 4 is 11.0 Å². The number of imidazole rings is 1. The van der Waals surface area contributed by atoms with Crippen molar-refractivity contribution in [3.8, 4) is 0 Å². The molecule has 1 aromatic heterocycles. The quantitative estimate of drug-likeness (QED) is 0.929. The van der Waals surface area contributed by atoms with Crippen molar-refractivity contribution in [1.82, 2.24) is 9.55 Å². The monoisotopic (exact) mass is 271 g/mol. The minimum Gasteiger partial charge on any atom is -0.331 e. The number of nitrogens with two attached hydrogens (primary N) is 1. The van der Waals surface area contributed by atoms with Gasteiger partial charge < -0.3 is 10.3 Å². The minimum atomic E-state index is -0.0614. The molecule has 20 heavy (non-hydrogen) atoms. The van der Waals surface area contributed by atoms with E-state index >= 15 is 0 Å². The molecular weight excluding hydrogens is 246 g/mol. The van der Waals surface area contributed by atoms with Crippen LogP contribution in [0.1, 0.15) is 44.9 Å². The summed E-state index contributed by atoms with van der Waals surface area (Å²) in [7, 11) is 2.11. The van der Waals surface area contributed by atoms with Crippen LogP contribution in [0.4, 0.5) is 0 Å². The van der Waals surface area contributed by atoms with Gasteiger partial charge in [0.25, 0.3) is 0 Å². The summed E-state index contributed by atoms with van der Waals surface area (Å²) in [6, 6.07) is 8.33. The smallest absolute Gasteiger partial charge is 0.111 e. The molecule has 0 spiro atoms. The van der Waals surface area contributed by atoms with Crippen LogP contribution in [0.5, 0.6) is 0 Å². The third-order valence-corrected chi connectivity index (χ3v) is 4.95. The molecule has 1 heterocycles. The van der Waals surface area contributed by atoms with Crippen molar-refractivity contribution in [1.29, 1.82) is 0 Å². The highest BCUT2D eigenvalue weighted by atomic mass is 15.1. The molecule has 1 aliphatic carbocycles. The molecule has 1 saturated carbocycles. The van der Waals surface area contributed by atoms with Crippen LogP contribution < -0.4 is 5.73 Å². The molecule has 3 heteroatoms. The summed E-state index contributed by atoms with van der Waals surface area (Å²) in [5.41, 5.74) is 8.92. The van der Waals surface area contributed by atoms with Crippen LogP contribution in [0.15, 0.2) is 24.3 Å². The second kappa shape index (κ2) is 5.21. The van der Waals surface area contributed by atoms with Gasteiger partial charge in [0.15, 0.2) is 0 Å². The lowest BCUT2D eigenvalue weighted by atomic mass is 9.73. The highest BCUT2D eigenvalue weighted by Gasteiger charge is 2.33. The van der Waals surface area contributed by atoms with Crippen LogP contribution in [0.3, 0.4) is 0 Å². The fourth-order valence-electron chi connectivity index (χ4n) is 3.70. The summed E-state index contributed by atoms with van der Waals surface area (Å²) < 4.78 is 2.21. The standard InChI is InChI=1S/C17H25N3/c1-3-13-7-6-10-17(18,11-13)12-16-19-14-8-4-5-9-15(14)20(16)2/h4-5,8-9,13H,3,6-7,10-12,18H2,1-2H3. The van der Waals surface area contributed by atoms with Crippen LogP contribution >= 0.6 is 0 Å². The Hall–Kier alpha value is -1.35. The van der Waals surface area contributed by atoms with Gasteiger partial charge in [-0.25, -0.2) is 4.98 Å². The van der Waals surface area contributed by atoms with Gasteiger partial charge in [0.05, 0.1) is 11.0 Å². The number of nitrogens with zero attached hydrogens (tertiary/aromatic N) is 2. The maximum absolute atomic E-state index is 6.69. The van der Waals surface area contributed by atoms with E-state index in [1.165, 1.54) is 24.8 Å². The number of hydrogen-bond donors (Lipinski definition) is 1.